The molecule has 0 saturated carbocycles. The Morgan fingerprint density at radius 3 is 2.44 bits per heavy atom. The molecule has 1 aliphatic rings. The van der Waals surface area contributed by atoms with Gasteiger partial charge in [0, 0.05) is 36.7 Å². The van der Waals surface area contributed by atoms with Gasteiger partial charge in [-0.2, -0.15) is 0 Å². The number of carbonyl (C=O) groups excluding carboxylic acids is 2. The summed E-state index contributed by atoms with van der Waals surface area (Å²) in [6, 6.07) is 23.1. The molecule has 0 unspecified atom stereocenters. The zero-order valence-corrected chi connectivity index (χ0v) is 24.9. The highest BCUT2D eigenvalue weighted by Crippen LogP contribution is 2.42. The molecule has 1 saturated heterocycles. The molecule has 0 radical (unpaired) electrons. The Hall–Kier alpha value is -4.02. The van der Waals surface area contributed by atoms with Crippen molar-refractivity contribution in [2.75, 3.05) is 32.6 Å². The number of esters is 1. The minimum absolute atomic E-state index is 0.0257. The summed E-state index contributed by atoms with van der Waals surface area (Å²) in [6.07, 6.45) is 1.06. The van der Waals surface area contributed by atoms with Gasteiger partial charge >= 0.3 is 12.0 Å². The van der Waals surface area contributed by atoms with Gasteiger partial charge in [0.05, 0.1) is 25.9 Å². The van der Waals surface area contributed by atoms with Crippen molar-refractivity contribution >= 4 is 17.7 Å². The van der Waals surface area contributed by atoms with Gasteiger partial charge in [-0.25, -0.2) is 9.59 Å². The van der Waals surface area contributed by atoms with Crippen molar-refractivity contribution in [2.24, 2.45) is 5.92 Å². The molecule has 9 nitrogen and oxygen atoms in total. The fourth-order valence-corrected chi connectivity index (χ4v) is 5.20. The molecular weight excluding hydrogens is 546 g/mol. The maximum atomic E-state index is 13.0. The van der Waals surface area contributed by atoms with E-state index in [2.05, 4.69) is 29.0 Å². The van der Waals surface area contributed by atoms with Crippen LogP contribution in [0.3, 0.4) is 0 Å². The Balaban J connectivity index is 1.51. The Kier molecular flexibility index (Phi) is 11.5. The van der Waals surface area contributed by atoms with Crippen LogP contribution in [0.5, 0.6) is 0 Å². The van der Waals surface area contributed by atoms with Gasteiger partial charge in [0.25, 0.3) is 0 Å². The summed E-state index contributed by atoms with van der Waals surface area (Å²) in [5.41, 5.74) is 3.99. The number of nitrogens with one attached hydrogen (secondary N) is 2. The van der Waals surface area contributed by atoms with E-state index in [1.165, 1.54) is 7.11 Å². The highest BCUT2D eigenvalue weighted by Gasteiger charge is 2.38. The molecule has 1 heterocycles. The van der Waals surface area contributed by atoms with Crippen molar-refractivity contribution in [1.29, 1.82) is 0 Å². The molecule has 1 fully saturated rings. The third-order valence-electron chi connectivity index (χ3n) is 7.55. The van der Waals surface area contributed by atoms with Crippen molar-refractivity contribution in [3.8, 4) is 0 Å². The van der Waals surface area contributed by atoms with Crippen molar-refractivity contribution in [2.45, 2.75) is 44.5 Å². The fourth-order valence-electron chi connectivity index (χ4n) is 5.20. The van der Waals surface area contributed by atoms with Gasteiger partial charge < -0.3 is 34.9 Å². The number of methoxy groups -OCH3 is 1. The van der Waals surface area contributed by atoms with Crippen LogP contribution in [0.2, 0.25) is 0 Å². The Morgan fingerprint density at radius 2 is 1.77 bits per heavy atom. The lowest BCUT2D eigenvalue weighted by atomic mass is 9.90. The number of aliphatic hydroxyl groups is 1. The van der Waals surface area contributed by atoms with E-state index in [1.807, 2.05) is 79.9 Å². The zero-order valence-electron chi connectivity index (χ0n) is 24.9. The molecule has 4 rings (SSSR count). The highest BCUT2D eigenvalue weighted by molar-refractivity contribution is 5.92. The maximum Gasteiger partial charge on any atom is 0.328 e. The predicted molar refractivity (Wildman–Crippen MR) is 165 cm³/mol. The van der Waals surface area contributed by atoms with Gasteiger partial charge in [-0.05, 0) is 35.9 Å². The van der Waals surface area contributed by atoms with Gasteiger partial charge in [-0.3, -0.25) is 0 Å². The van der Waals surface area contributed by atoms with Crippen LogP contribution < -0.4 is 10.6 Å². The van der Waals surface area contributed by atoms with Crippen LogP contribution >= 0.6 is 0 Å². The number of ether oxygens (including phenoxy) is 3. The standard InChI is InChI=1S/C34H41N3O6/c1-5-18-37(3)21-30-23(2)31(26-16-14-25(22-38)15-17-26)43-33(42-30)27-12-9-13-28(20-27)35-34(40)36-29(32(39)41-4)19-24-10-7-6-8-11-24/h5-17,20,23,29-31,33,38H,1,18-19,21-22H2,2-4H3,(H2,35,36,40)/t23-,29-,30+,31+,33+/m0/s1. The summed E-state index contributed by atoms with van der Waals surface area (Å²) >= 11 is 0. The maximum absolute atomic E-state index is 13.0. The predicted octanol–water partition coefficient (Wildman–Crippen LogP) is 4.99. The van der Waals surface area contributed by atoms with E-state index >= 15 is 0 Å². The summed E-state index contributed by atoms with van der Waals surface area (Å²) in [4.78, 5) is 27.5. The summed E-state index contributed by atoms with van der Waals surface area (Å²) < 4.78 is 18.0. The first-order chi connectivity index (χ1) is 20.8. The number of amides is 2. The van der Waals surface area contributed by atoms with Crippen molar-refractivity contribution in [1.82, 2.24) is 10.2 Å². The summed E-state index contributed by atoms with van der Waals surface area (Å²) in [7, 11) is 3.32. The number of nitrogens with zero attached hydrogens (tertiary/aromatic N) is 1. The van der Waals surface area contributed by atoms with E-state index in [1.54, 1.807) is 12.1 Å². The van der Waals surface area contributed by atoms with E-state index in [9.17, 15) is 14.7 Å². The van der Waals surface area contributed by atoms with Gasteiger partial charge in [-0.1, -0.05) is 79.7 Å². The number of likely N-dealkylation sites (N-methyl/N-ethyl adjacent to an activating group) is 1. The molecule has 5 atom stereocenters. The average Bonchev–Trinajstić information content (AvgIpc) is 3.02. The second-order valence-corrected chi connectivity index (χ2v) is 10.8. The molecule has 3 aromatic carbocycles. The van der Waals surface area contributed by atoms with Gasteiger partial charge in [0.1, 0.15) is 6.04 Å². The minimum atomic E-state index is -0.853. The second kappa shape index (κ2) is 15.5. The SMILES string of the molecule is C=CCN(C)C[C@H]1O[C@@H](c2cccc(NC(=O)N[C@@H](Cc3ccccc3)C(=O)OC)c2)O[C@@H](c2ccc(CO)cc2)[C@H]1C. The normalized spacial score (nSPS) is 20.7. The summed E-state index contributed by atoms with van der Waals surface area (Å²) in [6.45, 7) is 7.33. The lowest BCUT2D eigenvalue weighted by Crippen LogP contribution is -2.45. The zero-order chi connectivity index (χ0) is 30.8. The number of hydrogen-bond acceptors (Lipinski definition) is 7. The Bertz CT molecular complexity index is 1350. The number of benzene rings is 3. The van der Waals surface area contributed by atoms with Crippen LogP contribution in [-0.4, -0.2) is 61.4 Å². The average molecular weight is 588 g/mol. The molecule has 228 valence electrons. The van der Waals surface area contributed by atoms with Gasteiger partial charge in [-0.15, -0.1) is 6.58 Å². The molecule has 0 aromatic heterocycles. The van der Waals surface area contributed by atoms with E-state index in [4.69, 9.17) is 14.2 Å². The van der Waals surface area contributed by atoms with Gasteiger partial charge in [0.15, 0.2) is 6.29 Å². The number of carbonyl (C=O) groups is 2. The highest BCUT2D eigenvalue weighted by atomic mass is 16.7. The Morgan fingerprint density at radius 1 is 1.02 bits per heavy atom. The van der Waals surface area contributed by atoms with Gasteiger partial charge in [0.2, 0.25) is 0 Å². The summed E-state index contributed by atoms with van der Waals surface area (Å²) in [5, 5.41) is 15.1. The quantitative estimate of drug-likeness (QED) is 0.202. The molecule has 9 heteroatoms. The molecule has 2 amide bonds. The number of anilines is 1. The van der Waals surface area contributed by atoms with Crippen LogP contribution in [0, 0.1) is 5.92 Å². The van der Waals surface area contributed by atoms with Crippen LogP contribution in [0.1, 0.15) is 41.6 Å². The molecular formula is C34H41N3O6. The topological polar surface area (TPSA) is 109 Å². The van der Waals surface area contributed by atoms with Crippen LogP contribution in [-0.2, 0) is 32.0 Å². The molecule has 43 heavy (non-hydrogen) atoms. The molecule has 0 spiro atoms. The molecule has 3 aromatic rings. The Labute approximate surface area is 253 Å². The first-order valence-electron chi connectivity index (χ1n) is 14.4. The second-order valence-electron chi connectivity index (χ2n) is 10.8. The number of aliphatic hydroxyl groups excluding tert-OH is 1. The molecule has 1 aliphatic heterocycles. The lowest BCUT2D eigenvalue weighted by Gasteiger charge is -2.42. The first kappa shape index (κ1) is 31.9. The minimum Gasteiger partial charge on any atom is -0.467 e. The van der Waals surface area contributed by atoms with Crippen LogP contribution in [0.4, 0.5) is 10.5 Å². The van der Waals surface area contributed by atoms with E-state index in [-0.39, 0.29) is 24.7 Å². The number of rotatable bonds is 12. The first-order valence-corrected chi connectivity index (χ1v) is 14.4. The molecule has 0 aliphatic carbocycles. The van der Waals surface area contributed by atoms with E-state index in [0.717, 1.165) is 28.8 Å². The molecule has 3 N–H and O–H groups in total. The van der Waals surface area contributed by atoms with Crippen molar-refractivity contribution in [3.63, 3.8) is 0 Å². The smallest absolute Gasteiger partial charge is 0.328 e. The van der Waals surface area contributed by atoms with E-state index < -0.39 is 24.3 Å². The fraction of sp³-hybridized carbons (Fsp3) is 0.353. The van der Waals surface area contributed by atoms with Crippen molar-refractivity contribution in [3.05, 3.63) is 114 Å². The number of hydrogen-bond donors (Lipinski definition) is 3. The van der Waals surface area contributed by atoms with Crippen LogP contribution in [0.15, 0.2) is 91.5 Å². The number of urea groups is 1. The lowest BCUT2D eigenvalue weighted by molar-refractivity contribution is -0.275. The monoisotopic (exact) mass is 587 g/mol. The largest absolute Gasteiger partial charge is 0.467 e. The third-order valence-corrected chi connectivity index (χ3v) is 7.55. The molecule has 0 bridgehead atoms. The third kappa shape index (κ3) is 8.75. The summed E-state index contributed by atoms with van der Waals surface area (Å²) in [5.74, 6) is -0.494. The van der Waals surface area contributed by atoms with Crippen LogP contribution in [0.25, 0.3) is 0 Å². The van der Waals surface area contributed by atoms with Crippen molar-refractivity contribution < 1.29 is 28.9 Å². The van der Waals surface area contributed by atoms with E-state index in [0.29, 0.717) is 18.7 Å².